The highest BCUT2D eigenvalue weighted by Gasteiger charge is 2.16. The summed E-state index contributed by atoms with van der Waals surface area (Å²) >= 11 is 6.02. The predicted molar refractivity (Wildman–Crippen MR) is 92.0 cm³/mol. The van der Waals surface area contributed by atoms with Crippen molar-refractivity contribution in [3.05, 3.63) is 29.3 Å². The molecule has 1 aliphatic rings. The molecule has 1 amide bonds. The summed E-state index contributed by atoms with van der Waals surface area (Å²) in [6.07, 6.45) is 4.52. The highest BCUT2D eigenvalue weighted by molar-refractivity contribution is 6.32. The second-order valence-corrected chi connectivity index (χ2v) is 6.45. The van der Waals surface area contributed by atoms with Gasteiger partial charge in [-0.25, -0.2) is 0 Å². The molecule has 0 unspecified atom stereocenters. The van der Waals surface area contributed by atoms with E-state index in [2.05, 4.69) is 0 Å². The molecule has 23 heavy (non-hydrogen) atoms. The van der Waals surface area contributed by atoms with Gasteiger partial charge < -0.3 is 14.4 Å². The first-order valence-corrected chi connectivity index (χ1v) is 8.73. The van der Waals surface area contributed by atoms with Crippen molar-refractivity contribution in [2.75, 3.05) is 33.4 Å². The van der Waals surface area contributed by atoms with E-state index in [4.69, 9.17) is 21.1 Å². The maximum absolute atomic E-state index is 12.1. The van der Waals surface area contributed by atoms with Crippen molar-refractivity contribution in [1.82, 2.24) is 4.90 Å². The highest BCUT2D eigenvalue weighted by Crippen LogP contribution is 2.23. The number of halogens is 1. The number of rotatable bonds is 8. The van der Waals surface area contributed by atoms with Gasteiger partial charge in [0, 0.05) is 33.2 Å². The molecule has 1 fully saturated rings. The van der Waals surface area contributed by atoms with Crippen LogP contribution in [-0.2, 0) is 9.53 Å². The van der Waals surface area contributed by atoms with Gasteiger partial charge in [-0.2, -0.15) is 0 Å². The van der Waals surface area contributed by atoms with Gasteiger partial charge in [-0.3, -0.25) is 4.79 Å². The molecule has 0 N–H and O–H groups in total. The van der Waals surface area contributed by atoms with Crippen molar-refractivity contribution >= 4 is 17.5 Å². The Balaban J connectivity index is 1.59. The van der Waals surface area contributed by atoms with Crippen LogP contribution in [0, 0.1) is 5.92 Å². The van der Waals surface area contributed by atoms with E-state index in [1.54, 1.807) is 6.07 Å². The van der Waals surface area contributed by atoms with Gasteiger partial charge in [-0.15, -0.1) is 0 Å². The minimum absolute atomic E-state index is 0.180. The molecule has 5 heteroatoms. The van der Waals surface area contributed by atoms with Crippen LogP contribution >= 0.6 is 11.6 Å². The smallest absolute Gasteiger partial charge is 0.222 e. The molecule has 0 saturated carbocycles. The third-order valence-electron chi connectivity index (χ3n) is 4.27. The van der Waals surface area contributed by atoms with Gasteiger partial charge in [0.1, 0.15) is 5.75 Å². The standard InChI is InChI=1S/C18H26ClNO3/c1-20(11-8-15-9-13-22-14-10-15)18(21)7-4-12-23-17-6-3-2-5-16(17)19/h2-3,5-6,15H,4,7-14H2,1H3. The van der Waals surface area contributed by atoms with E-state index in [0.717, 1.165) is 39.0 Å². The molecule has 0 bridgehead atoms. The summed E-state index contributed by atoms with van der Waals surface area (Å²) in [5, 5.41) is 0.604. The second-order valence-electron chi connectivity index (χ2n) is 6.04. The number of ether oxygens (including phenoxy) is 2. The predicted octanol–water partition coefficient (Wildman–Crippen LogP) is 3.77. The molecular formula is C18H26ClNO3. The minimum Gasteiger partial charge on any atom is -0.492 e. The van der Waals surface area contributed by atoms with Gasteiger partial charge in [-0.1, -0.05) is 23.7 Å². The van der Waals surface area contributed by atoms with E-state index < -0.39 is 0 Å². The fourth-order valence-electron chi connectivity index (χ4n) is 2.69. The summed E-state index contributed by atoms with van der Waals surface area (Å²) in [6, 6.07) is 7.39. The second kappa shape index (κ2) is 9.78. The van der Waals surface area contributed by atoms with Crippen molar-refractivity contribution in [2.24, 2.45) is 5.92 Å². The Morgan fingerprint density at radius 3 is 2.83 bits per heavy atom. The molecule has 0 radical (unpaired) electrons. The zero-order valence-corrected chi connectivity index (χ0v) is 14.6. The maximum atomic E-state index is 12.1. The number of para-hydroxylation sites is 1. The normalized spacial score (nSPS) is 15.4. The Labute approximate surface area is 143 Å². The number of carbonyl (C=O) groups is 1. The molecule has 2 rings (SSSR count). The van der Waals surface area contributed by atoms with Gasteiger partial charge in [0.25, 0.3) is 0 Å². The topological polar surface area (TPSA) is 38.8 Å². The number of hydrogen-bond donors (Lipinski definition) is 0. The molecule has 1 aliphatic heterocycles. The Hall–Kier alpha value is -1.26. The Morgan fingerprint density at radius 2 is 2.09 bits per heavy atom. The van der Waals surface area contributed by atoms with Crippen molar-refractivity contribution in [3.8, 4) is 5.75 Å². The van der Waals surface area contributed by atoms with Crippen molar-refractivity contribution in [3.63, 3.8) is 0 Å². The summed E-state index contributed by atoms with van der Waals surface area (Å²) in [4.78, 5) is 14.0. The molecule has 0 aromatic heterocycles. The van der Waals surface area contributed by atoms with Gasteiger partial charge >= 0.3 is 0 Å². The number of carbonyl (C=O) groups excluding carboxylic acids is 1. The fraction of sp³-hybridized carbons (Fsp3) is 0.611. The van der Waals surface area contributed by atoms with Gasteiger partial charge in [0.2, 0.25) is 5.91 Å². The zero-order valence-electron chi connectivity index (χ0n) is 13.8. The van der Waals surface area contributed by atoms with Crippen LogP contribution in [0.1, 0.15) is 32.1 Å². The highest BCUT2D eigenvalue weighted by atomic mass is 35.5. The lowest BCUT2D eigenvalue weighted by atomic mass is 9.96. The molecular weight excluding hydrogens is 314 g/mol. The number of nitrogens with zero attached hydrogens (tertiary/aromatic N) is 1. The average Bonchev–Trinajstić information content (AvgIpc) is 2.58. The third kappa shape index (κ3) is 6.40. The van der Waals surface area contributed by atoms with Crippen molar-refractivity contribution in [2.45, 2.75) is 32.1 Å². The lowest BCUT2D eigenvalue weighted by Crippen LogP contribution is -2.30. The Morgan fingerprint density at radius 1 is 1.35 bits per heavy atom. The Kier molecular flexibility index (Phi) is 7.69. The average molecular weight is 340 g/mol. The van der Waals surface area contributed by atoms with Gasteiger partial charge in [-0.05, 0) is 43.7 Å². The first-order valence-electron chi connectivity index (χ1n) is 8.36. The molecule has 4 nitrogen and oxygen atoms in total. The quantitative estimate of drug-likeness (QED) is 0.677. The number of amides is 1. The molecule has 1 aromatic rings. The molecule has 0 spiro atoms. The maximum Gasteiger partial charge on any atom is 0.222 e. The summed E-state index contributed by atoms with van der Waals surface area (Å²) in [6.45, 7) is 3.06. The Bertz CT molecular complexity index is 489. The van der Waals surface area contributed by atoms with Crippen LogP contribution in [0.4, 0.5) is 0 Å². The molecule has 0 aliphatic carbocycles. The first-order chi connectivity index (χ1) is 11.2. The lowest BCUT2D eigenvalue weighted by Gasteiger charge is -2.25. The van der Waals surface area contributed by atoms with E-state index in [9.17, 15) is 4.79 Å². The van der Waals surface area contributed by atoms with Crippen LogP contribution in [0.15, 0.2) is 24.3 Å². The zero-order chi connectivity index (χ0) is 16.5. The van der Waals surface area contributed by atoms with Crippen LogP contribution in [0.25, 0.3) is 0 Å². The van der Waals surface area contributed by atoms with Crippen LogP contribution in [0.3, 0.4) is 0 Å². The molecule has 1 saturated heterocycles. The summed E-state index contributed by atoms with van der Waals surface area (Å²) in [5.74, 6) is 1.55. The summed E-state index contributed by atoms with van der Waals surface area (Å²) in [7, 11) is 1.89. The van der Waals surface area contributed by atoms with E-state index in [0.29, 0.717) is 36.1 Å². The summed E-state index contributed by atoms with van der Waals surface area (Å²) in [5.41, 5.74) is 0. The third-order valence-corrected chi connectivity index (χ3v) is 4.58. The summed E-state index contributed by atoms with van der Waals surface area (Å²) < 4.78 is 11.0. The SMILES string of the molecule is CN(CCC1CCOCC1)C(=O)CCCOc1ccccc1Cl. The van der Waals surface area contributed by atoms with Gasteiger partial charge in [0.15, 0.2) is 0 Å². The minimum atomic E-state index is 0.180. The van der Waals surface area contributed by atoms with Crippen LogP contribution in [0.2, 0.25) is 5.02 Å². The molecule has 0 atom stereocenters. The molecule has 1 aromatic carbocycles. The van der Waals surface area contributed by atoms with Crippen LogP contribution in [0.5, 0.6) is 5.75 Å². The van der Waals surface area contributed by atoms with Crippen LogP contribution < -0.4 is 4.74 Å². The van der Waals surface area contributed by atoms with E-state index >= 15 is 0 Å². The number of hydrogen-bond acceptors (Lipinski definition) is 3. The van der Waals surface area contributed by atoms with E-state index in [1.807, 2.05) is 30.1 Å². The van der Waals surface area contributed by atoms with Crippen LogP contribution in [-0.4, -0.2) is 44.2 Å². The lowest BCUT2D eigenvalue weighted by molar-refractivity contribution is -0.130. The largest absolute Gasteiger partial charge is 0.492 e. The van der Waals surface area contributed by atoms with Crippen molar-refractivity contribution in [1.29, 1.82) is 0 Å². The first kappa shape index (κ1) is 18.1. The van der Waals surface area contributed by atoms with E-state index in [-0.39, 0.29) is 5.91 Å². The fourth-order valence-corrected chi connectivity index (χ4v) is 2.88. The molecule has 1 heterocycles. The molecule has 128 valence electrons. The van der Waals surface area contributed by atoms with E-state index in [1.165, 1.54) is 0 Å². The van der Waals surface area contributed by atoms with Crippen molar-refractivity contribution < 1.29 is 14.3 Å². The monoisotopic (exact) mass is 339 g/mol. The number of benzene rings is 1. The van der Waals surface area contributed by atoms with Gasteiger partial charge in [0.05, 0.1) is 11.6 Å².